The molecule has 0 spiro atoms. The minimum Gasteiger partial charge on any atom is -0.459 e. The van der Waals surface area contributed by atoms with Crippen molar-refractivity contribution in [3.8, 4) is 0 Å². The van der Waals surface area contributed by atoms with Gasteiger partial charge in [-0.25, -0.2) is 0 Å². The van der Waals surface area contributed by atoms with E-state index in [1.807, 2.05) is 19.1 Å². The quantitative estimate of drug-likeness (QED) is 0.904. The van der Waals surface area contributed by atoms with E-state index in [-0.39, 0.29) is 12.0 Å². The fraction of sp³-hybridized carbons (Fsp3) is 0.308. The van der Waals surface area contributed by atoms with E-state index < -0.39 is 0 Å². The van der Waals surface area contributed by atoms with Crippen molar-refractivity contribution >= 4 is 17.2 Å². The van der Waals surface area contributed by atoms with Crippen LogP contribution in [0.4, 0.5) is 0 Å². The highest BCUT2D eigenvalue weighted by atomic mass is 32.1. The van der Waals surface area contributed by atoms with Gasteiger partial charge in [0.15, 0.2) is 5.76 Å². The summed E-state index contributed by atoms with van der Waals surface area (Å²) in [5, 5.41) is 2.79. The van der Waals surface area contributed by atoms with Crippen molar-refractivity contribution in [1.82, 2.24) is 5.32 Å². The Morgan fingerprint density at radius 3 is 2.89 bits per heavy atom. The molecule has 5 heteroatoms. The average Bonchev–Trinajstić information content (AvgIpc) is 3.01. The fourth-order valence-electron chi connectivity index (χ4n) is 1.61. The second kappa shape index (κ2) is 5.84. The highest BCUT2D eigenvalue weighted by Gasteiger charge is 2.15. The van der Waals surface area contributed by atoms with Crippen LogP contribution in [0, 0.1) is 6.92 Å². The molecule has 0 radical (unpaired) electrons. The van der Waals surface area contributed by atoms with Gasteiger partial charge in [0, 0.05) is 23.4 Å². The minimum absolute atomic E-state index is 0.123. The van der Waals surface area contributed by atoms with Gasteiger partial charge in [0.05, 0.1) is 6.26 Å². The van der Waals surface area contributed by atoms with Crippen LogP contribution in [0.25, 0.3) is 0 Å². The fourth-order valence-corrected chi connectivity index (χ4v) is 2.56. The number of nitrogens with one attached hydrogen (secondary N) is 1. The van der Waals surface area contributed by atoms with Crippen molar-refractivity contribution in [2.24, 2.45) is 0 Å². The van der Waals surface area contributed by atoms with Crippen LogP contribution in [0.15, 0.2) is 34.9 Å². The summed E-state index contributed by atoms with van der Waals surface area (Å²) in [5.41, 5.74) is 0. The minimum atomic E-state index is -0.227. The zero-order chi connectivity index (χ0) is 13.0. The Morgan fingerprint density at radius 1 is 1.50 bits per heavy atom. The summed E-state index contributed by atoms with van der Waals surface area (Å²) in [6.45, 7) is 2.47. The Bertz CT molecular complexity index is 504. The molecule has 0 bridgehead atoms. The van der Waals surface area contributed by atoms with Crippen molar-refractivity contribution in [3.05, 3.63) is 46.0 Å². The van der Waals surface area contributed by atoms with Gasteiger partial charge >= 0.3 is 0 Å². The Kier molecular flexibility index (Phi) is 4.17. The van der Waals surface area contributed by atoms with Crippen molar-refractivity contribution in [3.63, 3.8) is 0 Å². The molecule has 0 saturated heterocycles. The lowest BCUT2D eigenvalue weighted by atomic mass is 10.2. The largest absolute Gasteiger partial charge is 0.459 e. The number of thiophene rings is 1. The molecule has 0 saturated carbocycles. The van der Waals surface area contributed by atoms with Gasteiger partial charge in [-0.15, -0.1) is 11.3 Å². The summed E-state index contributed by atoms with van der Waals surface area (Å²) < 4.78 is 10.4. The van der Waals surface area contributed by atoms with Crippen molar-refractivity contribution in [2.45, 2.75) is 13.0 Å². The first-order valence-corrected chi connectivity index (χ1v) is 6.43. The van der Waals surface area contributed by atoms with Gasteiger partial charge < -0.3 is 14.5 Å². The summed E-state index contributed by atoms with van der Waals surface area (Å²) in [5.74, 6) is 0.0857. The number of hydrogen-bond acceptors (Lipinski definition) is 4. The van der Waals surface area contributed by atoms with Crippen LogP contribution in [0.1, 0.15) is 26.4 Å². The zero-order valence-corrected chi connectivity index (χ0v) is 11.1. The van der Waals surface area contributed by atoms with Crippen molar-refractivity contribution < 1.29 is 13.9 Å². The lowest BCUT2D eigenvalue weighted by molar-refractivity contribution is 0.0816. The van der Waals surface area contributed by atoms with Gasteiger partial charge in [-0.1, -0.05) is 0 Å². The molecule has 0 aliphatic rings. The van der Waals surface area contributed by atoms with E-state index in [0.29, 0.717) is 12.3 Å². The molecule has 2 aromatic heterocycles. The second-order valence-electron chi connectivity index (χ2n) is 3.86. The smallest absolute Gasteiger partial charge is 0.287 e. The topological polar surface area (TPSA) is 51.5 Å². The molecule has 1 amide bonds. The van der Waals surface area contributed by atoms with Gasteiger partial charge in [-0.3, -0.25) is 4.79 Å². The molecule has 96 valence electrons. The maximum atomic E-state index is 11.7. The van der Waals surface area contributed by atoms with Crippen LogP contribution in [0.5, 0.6) is 0 Å². The number of aryl methyl sites for hydroxylation is 1. The number of rotatable bonds is 5. The number of carbonyl (C=O) groups excluding carboxylic acids is 1. The molecule has 0 fully saturated rings. The van der Waals surface area contributed by atoms with E-state index in [9.17, 15) is 4.79 Å². The predicted octanol–water partition coefficient (Wildman–Crippen LogP) is 2.77. The third-order valence-corrected chi connectivity index (χ3v) is 3.65. The molecule has 0 unspecified atom stereocenters. The monoisotopic (exact) mass is 265 g/mol. The molecule has 2 rings (SSSR count). The van der Waals surface area contributed by atoms with Gasteiger partial charge in [-0.2, -0.15) is 0 Å². The van der Waals surface area contributed by atoms with E-state index in [1.165, 1.54) is 11.1 Å². The van der Waals surface area contributed by atoms with E-state index in [4.69, 9.17) is 9.15 Å². The zero-order valence-electron chi connectivity index (χ0n) is 10.3. The van der Waals surface area contributed by atoms with Crippen LogP contribution >= 0.6 is 11.3 Å². The van der Waals surface area contributed by atoms with E-state index in [0.717, 1.165) is 4.88 Å². The molecule has 0 aromatic carbocycles. The van der Waals surface area contributed by atoms with Crippen molar-refractivity contribution in [2.75, 3.05) is 13.7 Å². The number of hydrogen-bond donors (Lipinski definition) is 1. The lowest BCUT2D eigenvalue weighted by Crippen LogP contribution is -2.28. The molecule has 2 aromatic rings. The Morgan fingerprint density at radius 2 is 2.33 bits per heavy atom. The average molecular weight is 265 g/mol. The van der Waals surface area contributed by atoms with Gasteiger partial charge in [0.25, 0.3) is 5.91 Å². The van der Waals surface area contributed by atoms with Crippen molar-refractivity contribution in [1.29, 1.82) is 0 Å². The van der Waals surface area contributed by atoms with E-state index in [2.05, 4.69) is 5.32 Å². The Labute approximate surface area is 110 Å². The number of methoxy groups -OCH3 is 1. The molecule has 0 aliphatic heterocycles. The molecule has 4 nitrogen and oxygen atoms in total. The summed E-state index contributed by atoms with van der Waals surface area (Å²) in [6, 6.07) is 7.38. The van der Waals surface area contributed by atoms with Crippen LogP contribution < -0.4 is 5.32 Å². The molecular weight excluding hydrogens is 250 g/mol. The summed E-state index contributed by atoms with van der Waals surface area (Å²) >= 11 is 1.67. The van der Waals surface area contributed by atoms with Crippen LogP contribution in [0.3, 0.4) is 0 Å². The molecule has 2 heterocycles. The molecule has 1 atom stereocenters. The van der Waals surface area contributed by atoms with Crippen LogP contribution in [-0.2, 0) is 4.74 Å². The highest BCUT2D eigenvalue weighted by Crippen LogP contribution is 2.24. The SMILES string of the molecule is CO[C@H](CNC(=O)c1ccco1)c1ccc(C)s1. The maximum absolute atomic E-state index is 11.7. The molecular formula is C13H15NO3S. The highest BCUT2D eigenvalue weighted by molar-refractivity contribution is 7.12. The summed E-state index contributed by atoms with van der Waals surface area (Å²) in [6.07, 6.45) is 1.35. The molecule has 0 aliphatic carbocycles. The summed E-state index contributed by atoms with van der Waals surface area (Å²) in [7, 11) is 1.64. The first-order valence-electron chi connectivity index (χ1n) is 5.61. The second-order valence-corrected chi connectivity index (χ2v) is 5.18. The van der Waals surface area contributed by atoms with Crippen LogP contribution in [0.2, 0.25) is 0 Å². The normalized spacial score (nSPS) is 12.3. The lowest BCUT2D eigenvalue weighted by Gasteiger charge is -2.13. The number of amides is 1. The van der Waals surface area contributed by atoms with Crippen LogP contribution in [-0.4, -0.2) is 19.6 Å². The number of ether oxygens (including phenoxy) is 1. The first-order chi connectivity index (χ1) is 8.70. The van der Waals surface area contributed by atoms with Gasteiger partial charge in [0.2, 0.25) is 0 Å². The third kappa shape index (κ3) is 3.00. The number of carbonyl (C=O) groups is 1. The van der Waals surface area contributed by atoms with Gasteiger partial charge in [0.1, 0.15) is 6.10 Å². The molecule has 18 heavy (non-hydrogen) atoms. The van der Waals surface area contributed by atoms with Gasteiger partial charge in [-0.05, 0) is 31.2 Å². The Balaban J connectivity index is 1.94. The molecule has 1 N–H and O–H groups in total. The van der Waals surface area contributed by atoms with E-state index in [1.54, 1.807) is 30.6 Å². The first kappa shape index (κ1) is 12.9. The third-order valence-electron chi connectivity index (χ3n) is 2.56. The number of furan rings is 1. The Hall–Kier alpha value is -1.59. The van der Waals surface area contributed by atoms with E-state index >= 15 is 0 Å². The standard InChI is InChI=1S/C13H15NO3S/c1-9-5-6-12(18-9)11(16-2)8-14-13(15)10-4-3-7-17-10/h3-7,11H,8H2,1-2H3,(H,14,15)/t11-/m1/s1. The maximum Gasteiger partial charge on any atom is 0.287 e. The summed E-state index contributed by atoms with van der Waals surface area (Å²) in [4.78, 5) is 14.0. The predicted molar refractivity (Wildman–Crippen MR) is 69.8 cm³/mol.